The van der Waals surface area contributed by atoms with Gasteiger partial charge in [-0.2, -0.15) is 0 Å². The molecule has 1 aromatic carbocycles. The first-order valence-corrected chi connectivity index (χ1v) is 6.33. The van der Waals surface area contributed by atoms with Gasteiger partial charge in [0.1, 0.15) is 6.54 Å². The van der Waals surface area contributed by atoms with E-state index in [0.29, 0.717) is 9.26 Å². The zero-order valence-electron chi connectivity index (χ0n) is 9.96. The number of halogens is 1. The fourth-order valence-electron chi connectivity index (χ4n) is 1.53. The average molecular weight is 364 g/mol. The highest BCUT2D eigenvalue weighted by Crippen LogP contribution is 2.28. The monoisotopic (exact) mass is 364 g/mol. The summed E-state index contributed by atoms with van der Waals surface area (Å²) in [6.07, 6.45) is 0. The molecule has 1 N–H and O–H groups in total. The lowest BCUT2D eigenvalue weighted by Gasteiger charge is -2.28. The van der Waals surface area contributed by atoms with Crippen LogP contribution in [-0.2, 0) is 4.79 Å². The summed E-state index contributed by atoms with van der Waals surface area (Å²) in [6.45, 7) is 3.62. The summed E-state index contributed by atoms with van der Waals surface area (Å²) < 4.78 is 0.664. The van der Waals surface area contributed by atoms with Crippen LogP contribution in [0.2, 0.25) is 0 Å². The highest BCUT2D eigenvalue weighted by molar-refractivity contribution is 14.1. The van der Waals surface area contributed by atoms with Crippen molar-refractivity contribution in [3.8, 4) is 0 Å². The summed E-state index contributed by atoms with van der Waals surface area (Å²) in [6, 6.07) is 4.40. The van der Waals surface area contributed by atoms with E-state index in [2.05, 4.69) is 0 Å². The van der Waals surface area contributed by atoms with E-state index in [1.807, 2.05) is 36.4 Å². The molecule has 0 fully saturated rings. The summed E-state index contributed by atoms with van der Waals surface area (Å²) in [5, 5.41) is 19.5. The van der Waals surface area contributed by atoms with Crippen molar-refractivity contribution in [1.82, 2.24) is 0 Å². The van der Waals surface area contributed by atoms with Gasteiger partial charge in [0.05, 0.1) is 10.6 Å². The number of carbonyl (C=O) groups is 1. The molecule has 0 unspecified atom stereocenters. The fourth-order valence-corrected chi connectivity index (χ4v) is 2.34. The van der Waals surface area contributed by atoms with E-state index in [-0.39, 0.29) is 18.3 Å². The molecule has 0 aliphatic heterocycles. The van der Waals surface area contributed by atoms with Crippen molar-refractivity contribution >= 4 is 39.9 Å². The highest BCUT2D eigenvalue weighted by Gasteiger charge is 2.18. The number of nitrogens with zero attached hydrogens (tertiary/aromatic N) is 2. The molecule has 0 saturated carbocycles. The van der Waals surface area contributed by atoms with E-state index in [9.17, 15) is 14.9 Å². The van der Waals surface area contributed by atoms with Gasteiger partial charge in [-0.3, -0.25) is 14.9 Å². The number of aliphatic carboxylic acids is 1. The largest absolute Gasteiger partial charge is 0.480 e. The van der Waals surface area contributed by atoms with Crippen molar-refractivity contribution in [3.05, 3.63) is 31.9 Å². The molecule has 0 aromatic heterocycles. The van der Waals surface area contributed by atoms with E-state index >= 15 is 0 Å². The van der Waals surface area contributed by atoms with Gasteiger partial charge < -0.3 is 10.0 Å². The van der Waals surface area contributed by atoms with Crippen LogP contribution in [0, 0.1) is 13.7 Å². The first-order chi connectivity index (χ1) is 8.32. The van der Waals surface area contributed by atoms with E-state index in [1.165, 1.54) is 12.1 Å². The maximum atomic E-state index is 10.8. The van der Waals surface area contributed by atoms with Gasteiger partial charge >= 0.3 is 5.97 Å². The molecule has 0 heterocycles. The Hall–Kier alpha value is -1.38. The number of carboxylic acids is 1. The number of hydrogen-bond acceptors (Lipinski definition) is 4. The second-order valence-electron chi connectivity index (χ2n) is 4.01. The third-order valence-corrected chi connectivity index (χ3v) is 3.24. The Balaban J connectivity index is 3.13. The number of benzene rings is 1. The smallest absolute Gasteiger partial charge is 0.323 e. The molecular weight excluding hydrogens is 351 g/mol. The van der Waals surface area contributed by atoms with Crippen LogP contribution >= 0.6 is 22.6 Å². The van der Waals surface area contributed by atoms with Gasteiger partial charge in [0.15, 0.2) is 0 Å². The van der Waals surface area contributed by atoms with E-state index < -0.39 is 10.9 Å². The van der Waals surface area contributed by atoms with Crippen LogP contribution in [0.25, 0.3) is 0 Å². The standard InChI is InChI=1S/C11H13IN2O4/c1-7(2)13(6-11(15)16)10-4-3-8(14(17)18)5-9(10)12/h3-5,7H,6H2,1-2H3,(H,15,16). The van der Waals surface area contributed by atoms with Gasteiger partial charge in [-0.1, -0.05) is 0 Å². The van der Waals surface area contributed by atoms with Crippen LogP contribution < -0.4 is 4.90 Å². The van der Waals surface area contributed by atoms with Crippen LogP contribution in [0.15, 0.2) is 18.2 Å². The molecular formula is C11H13IN2O4. The lowest BCUT2D eigenvalue weighted by molar-refractivity contribution is -0.384. The predicted octanol–water partition coefficient (Wildman–Crippen LogP) is 2.50. The van der Waals surface area contributed by atoms with Crippen LogP contribution in [0.5, 0.6) is 0 Å². The van der Waals surface area contributed by atoms with Crippen molar-refractivity contribution in [3.63, 3.8) is 0 Å². The van der Waals surface area contributed by atoms with Gasteiger partial charge in [0.25, 0.3) is 5.69 Å². The number of nitro benzene ring substituents is 1. The first kappa shape index (κ1) is 14.7. The molecule has 0 atom stereocenters. The molecule has 6 nitrogen and oxygen atoms in total. The Morgan fingerprint density at radius 1 is 1.56 bits per heavy atom. The zero-order chi connectivity index (χ0) is 13.9. The number of nitro groups is 1. The maximum absolute atomic E-state index is 10.8. The molecule has 98 valence electrons. The minimum atomic E-state index is -0.933. The van der Waals surface area contributed by atoms with E-state index in [0.717, 1.165) is 0 Å². The normalized spacial score (nSPS) is 10.4. The number of carboxylic acid groups (broad SMARTS) is 1. The summed E-state index contributed by atoms with van der Waals surface area (Å²) in [7, 11) is 0. The van der Waals surface area contributed by atoms with Crippen LogP contribution in [0.1, 0.15) is 13.8 Å². The van der Waals surface area contributed by atoms with E-state index in [4.69, 9.17) is 5.11 Å². The maximum Gasteiger partial charge on any atom is 0.323 e. The molecule has 0 spiro atoms. The van der Waals surface area contributed by atoms with Crippen LogP contribution in [0.4, 0.5) is 11.4 Å². The number of rotatable bonds is 5. The molecule has 0 aliphatic rings. The quantitative estimate of drug-likeness (QED) is 0.493. The van der Waals surface area contributed by atoms with Gasteiger partial charge in [-0.25, -0.2) is 0 Å². The van der Waals surface area contributed by atoms with Gasteiger partial charge in [-0.05, 0) is 42.5 Å². The Morgan fingerprint density at radius 3 is 2.56 bits per heavy atom. The predicted molar refractivity (Wildman–Crippen MR) is 75.9 cm³/mol. The number of non-ortho nitro benzene ring substituents is 1. The van der Waals surface area contributed by atoms with E-state index in [1.54, 1.807) is 11.0 Å². The van der Waals surface area contributed by atoms with Gasteiger partial charge in [0.2, 0.25) is 0 Å². The molecule has 7 heteroatoms. The zero-order valence-corrected chi connectivity index (χ0v) is 12.1. The second-order valence-corrected chi connectivity index (χ2v) is 5.17. The lowest BCUT2D eigenvalue weighted by Crippen LogP contribution is -2.36. The molecule has 0 aliphatic carbocycles. The number of anilines is 1. The van der Waals surface area contributed by atoms with Crippen molar-refractivity contribution in [2.24, 2.45) is 0 Å². The molecule has 18 heavy (non-hydrogen) atoms. The van der Waals surface area contributed by atoms with Crippen LogP contribution in [-0.4, -0.2) is 28.6 Å². The summed E-state index contributed by atoms with van der Waals surface area (Å²) in [5.41, 5.74) is 0.695. The number of hydrogen-bond donors (Lipinski definition) is 1. The SMILES string of the molecule is CC(C)N(CC(=O)O)c1ccc([N+](=O)[O-])cc1I. The summed E-state index contributed by atoms with van der Waals surface area (Å²) in [4.78, 5) is 22.7. The van der Waals surface area contributed by atoms with Crippen molar-refractivity contribution in [2.75, 3.05) is 11.4 Å². The highest BCUT2D eigenvalue weighted by atomic mass is 127. The molecule has 0 saturated heterocycles. The second kappa shape index (κ2) is 5.98. The minimum Gasteiger partial charge on any atom is -0.480 e. The molecule has 0 amide bonds. The third-order valence-electron chi connectivity index (χ3n) is 2.38. The van der Waals surface area contributed by atoms with Crippen LogP contribution in [0.3, 0.4) is 0 Å². The Kier molecular flexibility index (Phi) is 4.88. The average Bonchev–Trinajstić information content (AvgIpc) is 2.25. The fraction of sp³-hybridized carbons (Fsp3) is 0.364. The van der Waals surface area contributed by atoms with Gasteiger partial charge in [0, 0.05) is 21.7 Å². The minimum absolute atomic E-state index is 0.00202. The van der Waals surface area contributed by atoms with Crippen molar-refractivity contribution in [1.29, 1.82) is 0 Å². The Labute approximate surface area is 118 Å². The molecule has 1 rings (SSSR count). The molecule has 1 aromatic rings. The summed E-state index contributed by atoms with van der Waals surface area (Å²) in [5.74, 6) is -0.933. The van der Waals surface area contributed by atoms with Crippen molar-refractivity contribution < 1.29 is 14.8 Å². The molecule has 0 bridgehead atoms. The Morgan fingerprint density at radius 2 is 2.17 bits per heavy atom. The molecule has 0 radical (unpaired) electrons. The van der Waals surface area contributed by atoms with Crippen molar-refractivity contribution in [2.45, 2.75) is 19.9 Å². The summed E-state index contributed by atoms with van der Waals surface area (Å²) >= 11 is 1.98. The topological polar surface area (TPSA) is 83.7 Å². The van der Waals surface area contributed by atoms with Gasteiger partial charge in [-0.15, -0.1) is 0 Å². The Bertz CT molecular complexity index is 476. The first-order valence-electron chi connectivity index (χ1n) is 5.25. The lowest BCUT2D eigenvalue weighted by atomic mass is 10.2. The third kappa shape index (κ3) is 3.56.